The highest BCUT2D eigenvalue weighted by Gasteiger charge is 2.46. The van der Waals surface area contributed by atoms with Gasteiger partial charge in [0, 0.05) is 19.7 Å². The van der Waals surface area contributed by atoms with Crippen LogP contribution in [0, 0.1) is 17.7 Å². The Kier molecular flexibility index (Phi) is 5.37. The molecule has 1 amide bonds. The van der Waals surface area contributed by atoms with Crippen LogP contribution in [-0.4, -0.2) is 24.9 Å². The highest BCUT2D eigenvalue weighted by Crippen LogP contribution is 2.54. The summed E-state index contributed by atoms with van der Waals surface area (Å²) in [6.45, 7) is 2.44. The van der Waals surface area contributed by atoms with Gasteiger partial charge in [0.2, 0.25) is 0 Å². The van der Waals surface area contributed by atoms with Gasteiger partial charge in [-0.3, -0.25) is 4.79 Å². The molecular weight excluding hydrogens is 365 g/mol. The highest BCUT2D eigenvalue weighted by molar-refractivity contribution is 5.94. The van der Waals surface area contributed by atoms with Crippen molar-refractivity contribution < 1.29 is 13.9 Å². The zero-order valence-electron chi connectivity index (χ0n) is 17.6. The lowest BCUT2D eigenvalue weighted by atomic mass is 9.53. The minimum Gasteiger partial charge on any atom is -0.454 e. The number of amides is 1. The van der Waals surface area contributed by atoms with Crippen LogP contribution < -0.4 is 4.74 Å². The van der Waals surface area contributed by atoms with Gasteiger partial charge in [-0.05, 0) is 78.8 Å². The Bertz CT molecular complexity index is 868. The zero-order chi connectivity index (χ0) is 20.6. The van der Waals surface area contributed by atoms with Gasteiger partial charge in [0.1, 0.15) is 5.75 Å². The van der Waals surface area contributed by atoms with Gasteiger partial charge in [0.05, 0.1) is 0 Å². The van der Waals surface area contributed by atoms with Gasteiger partial charge >= 0.3 is 0 Å². The van der Waals surface area contributed by atoms with Crippen molar-refractivity contribution in [2.45, 2.75) is 50.9 Å². The Labute approximate surface area is 172 Å². The van der Waals surface area contributed by atoms with E-state index >= 15 is 0 Å². The molecule has 0 unspecified atom stereocenters. The van der Waals surface area contributed by atoms with E-state index in [-0.39, 0.29) is 17.1 Å². The van der Waals surface area contributed by atoms with Gasteiger partial charge in [-0.15, -0.1) is 0 Å². The Balaban J connectivity index is 1.52. The fraction of sp³-hybridized carbons (Fsp3) is 0.480. The summed E-state index contributed by atoms with van der Waals surface area (Å²) < 4.78 is 20.2. The second-order valence-corrected chi connectivity index (χ2v) is 9.01. The minimum atomic E-state index is -0.532. The first-order valence-corrected chi connectivity index (χ1v) is 10.7. The molecule has 2 aliphatic rings. The second-order valence-electron chi connectivity index (χ2n) is 9.01. The molecule has 0 N–H and O–H groups in total. The molecule has 2 bridgehead atoms. The molecule has 29 heavy (non-hydrogen) atoms. The normalized spacial score (nSPS) is 26.1. The molecule has 0 spiro atoms. The summed E-state index contributed by atoms with van der Waals surface area (Å²) in [5, 5.41) is 0. The molecule has 0 saturated heterocycles. The van der Waals surface area contributed by atoms with Crippen molar-refractivity contribution in [2.75, 3.05) is 14.1 Å². The Hall–Kier alpha value is -2.36. The molecule has 0 radical (unpaired) electrons. The Morgan fingerprint density at radius 3 is 2.10 bits per heavy atom. The lowest BCUT2D eigenvalue weighted by Crippen LogP contribution is -2.45. The summed E-state index contributed by atoms with van der Waals surface area (Å²) in [5.41, 5.74) is 1.94. The van der Waals surface area contributed by atoms with Gasteiger partial charge < -0.3 is 9.64 Å². The van der Waals surface area contributed by atoms with E-state index in [0.29, 0.717) is 11.3 Å². The average Bonchev–Trinajstić information content (AvgIpc) is 2.69. The van der Waals surface area contributed by atoms with Crippen LogP contribution in [-0.2, 0) is 5.41 Å². The van der Waals surface area contributed by atoms with E-state index in [2.05, 4.69) is 19.1 Å². The first-order chi connectivity index (χ1) is 13.9. The van der Waals surface area contributed by atoms with Crippen molar-refractivity contribution >= 4 is 5.91 Å². The maximum atomic E-state index is 14.5. The molecule has 2 aromatic rings. The average molecular weight is 396 g/mol. The fourth-order valence-electron chi connectivity index (χ4n) is 5.50. The topological polar surface area (TPSA) is 29.5 Å². The van der Waals surface area contributed by atoms with E-state index in [9.17, 15) is 9.18 Å². The third-order valence-electron chi connectivity index (χ3n) is 7.20. The van der Waals surface area contributed by atoms with E-state index in [1.165, 1.54) is 61.1 Å². The van der Waals surface area contributed by atoms with Crippen LogP contribution in [0.25, 0.3) is 0 Å². The zero-order valence-corrected chi connectivity index (χ0v) is 17.6. The van der Waals surface area contributed by atoms with Crippen molar-refractivity contribution in [2.24, 2.45) is 11.8 Å². The molecule has 154 valence electrons. The molecule has 2 aromatic carbocycles. The van der Waals surface area contributed by atoms with Crippen LogP contribution in [0.1, 0.15) is 61.4 Å². The predicted molar refractivity (Wildman–Crippen MR) is 113 cm³/mol. The number of ether oxygens (including phenoxy) is 1. The molecule has 2 saturated carbocycles. The van der Waals surface area contributed by atoms with Crippen LogP contribution >= 0.6 is 0 Å². The fourth-order valence-corrected chi connectivity index (χ4v) is 5.50. The van der Waals surface area contributed by atoms with E-state index in [0.717, 1.165) is 11.8 Å². The van der Waals surface area contributed by atoms with Crippen molar-refractivity contribution in [3.8, 4) is 11.5 Å². The number of hydrogen-bond acceptors (Lipinski definition) is 2. The molecular formula is C25H30FNO2. The van der Waals surface area contributed by atoms with Crippen LogP contribution in [0.5, 0.6) is 11.5 Å². The SMILES string of the molecule is CN(C)C(=O)c1ccc(Oc2ccc(C3(C)C4CCCC3CCC4)cc2)c(F)c1. The van der Waals surface area contributed by atoms with Crippen LogP contribution in [0.15, 0.2) is 42.5 Å². The molecule has 2 aliphatic carbocycles. The number of rotatable bonds is 4. The second kappa shape index (κ2) is 7.81. The Morgan fingerprint density at radius 1 is 1.00 bits per heavy atom. The molecule has 4 heteroatoms. The molecule has 2 fully saturated rings. The Morgan fingerprint density at radius 2 is 1.59 bits per heavy atom. The summed E-state index contributed by atoms with van der Waals surface area (Å²) in [6.07, 6.45) is 8.03. The lowest BCUT2D eigenvalue weighted by molar-refractivity contribution is 0.0666. The molecule has 0 heterocycles. The number of benzene rings is 2. The van der Waals surface area contributed by atoms with Crippen LogP contribution in [0.4, 0.5) is 4.39 Å². The summed E-state index contributed by atoms with van der Waals surface area (Å²) >= 11 is 0. The molecule has 3 nitrogen and oxygen atoms in total. The van der Waals surface area contributed by atoms with Gasteiger partial charge in [0.15, 0.2) is 11.6 Å². The van der Waals surface area contributed by atoms with E-state index in [1.54, 1.807) is 20.2 Å². The smallest absolute Gasteiger partial charge is 0.253 e. The van der Waals surface area contributed by atoms with Gasteiger partial charge in [-0.2, -0.15) is 0 Å². The van der Waals surface area contributed by atoms with Crippen molar-refractivity contribution in [1.82, 2.24) is 4.90 Å². The number of carbonyl (C=O) groups excluding carboxylic acids is 1. The van der Waals surface area contributed by atoms with E-state index < -0.39 is 5.82 Å². The number of fused-ring (bicyclic) bond motifs is 2. The third kappa shape index (κ3) is 3.65. The van der Waals surface area contributed by atoms with Gasteiger partial charge in [0.25, 0.3) is 5.91 Å². The first-order valence-electron chi connectivity index (χ1n) is 10.7. The van der Waals surface area contributed by atoms with Crippen molar-refractivity contribution in [3.05, 3.63) is 59.4 Å². The summed E-state index contributed by atoms with van der Waals surface area (Å²) in [6, 6.07) is 12.6. The van der Waals surface area contributed by atoms with Gasteiger partial charge in [-0.1, -0.05) is 31.9 Å². The summed E-state index contributed by atoms with van der Waals surface area (Å²) in [7, 11) is 3.29. The van der Waals surface area contributed by atoms with Crippen molar-refractivity contribution in [1.29, 1.82) is 0 Å². The predicted octanol–water partition coefficient (Wildman–Crippen LogP) is 6.18. The van der Waals surface area contributed by atoms with E-state index in [4.69, 9.17) is 4.74 Å². The van der Waals surface area contributed by atoms with E-state index in [1.807, 2.05) is 12.1 Å². The first kappa shape index (κ1) is 19.9. The number of hydrogen-bond donors (Lipinski definition) is 0. The number of halogens is 1. The molecule has 0 atom stereocenters. The maximum Gasteiger partial charge on any atom is 0.253 e. The summed E-state index contributed by atoms with van der Waals surface area (Å²) in [5.74, 6) is 1.52. The quantitative estimate of drug-likeness (QED) is 0.619. The van der Waals surface area contributed by atoms with Crippen LogP contribution in [0.3, 0.4) is 0 Å². The molecule has 0 aliphatic heterocycles. The molecule has 4 rings (SSSR count). The minimum absolute atomic E-state index is 0.133. The van der Waals surface area contributed by atoms with Crippen molar-refractivity contribution in [3.63, 3.8) is 0 Å². The molecule has 0 aromatic heterocycles. The number of nitrogens with zero attached hydrogens (tertiary/aromatic N) is 1. The highest BCUT2D eigenvalue weighted by atomic mass is 19.1. The largest absolute Gasteiger partial charge is 0.454 e. The lowest BCUT2D eigenvalue weighted by Gasteiger charge is -2.52. The summed E-state index contributed by atoms with van der Waals surface area (Å²) in [4.78, 5) is 13.4. The standard InChI is InChI=1S/C25H30FNO2/c1-25(18-6-4-7-19(25)9-5-8-18)20-11-13-21(14-12-20)29-23-15-10-17(16-22(23)26)24(28)27(2)3/h10-16,18-19H,4-9H2,1-3H3. The third-order valence-corrected chi connectivity index (χ3v) is 7.20. The van der Waals surface area contributed by atoms with Crippen LogP contribution in [0.2, 0.25) is 0 Å². The monoisotopic (exact) mass is 395 g/mol. The number of carbonyl (C=O) groups is 1. The van der Waals surface area contributed by atoms with Gasteiger partial charge in [-0.25, -0.2) is 4.39 Å². The maximum absolute atomic E-state index is 14.5.